The van der Waals surface area contributed by atoms with Gasteiger partial charge in [-0.1, -0.05) is 79.1 Å². The summed E-state index contributed by atoms with van der Waals surface area (Å²) in [5.41, 5.74) is 8.72. The number of thiocarbonyl (C=S) groups is 1. The number of thioether (sulfide) groups is 2. The number of H-pyrrole nitrogens is 1. The predicted molar refractivity (Wildman–Crippen MR) is 148 cm³/mol. The van der Waals surface area contributed by atoms with Crippen molar-refractivity contribution in [2.24, 2.45) is 0 Å². The number of para-hydroxylation sites is 2. The van der Waals surface area contributed by atoms with Gasteiger partial charge in [-0.25, -0.2) is 4.98 Å². The summed E-state index contributed by atoms with van der Waals surface area (Å²) in [7, 11) is 0. The molecule has 1 aromatic heterocycles. The van der Waals surface area contributed by atoms with E-state index in [-0.39, 0.29) is 29.9 Å². The number of imidazole rings is 1. The van der Waals surface area contributed by atoms with Crippen LogP contribution in [0, 0.1) is 0 Å². The summed E-state index contributed by atoms with van der Waals surface area (Å²) in [5, 5.41) is 0.633. The summed E-state index contributed by atoms with van der Waals surface area (Å²) in [5.74, 6) is -0.734. The molecule has 186 valence electrons. The van der Waals surface area contributed by atoms with Crippen LogP contribution >= 0.6 is 35.7 Å². The highest BCUT2D eigenvalue weighted by molar-refractivity contribution is 8.26. The van der Waals surface area contributed by atoms with Crippen LogP contribution in [-0.4, -0.2) is 49.2 Å². The largest absolute Gasteiger partial charge is 0.333 e. The first-order valence-electron chi connectivity index (χ1n) is 11.4. The first-order chi connectivity index (χ1) is 17.4. The molecule has 0 saturated carbocycles. The molecule has 0 atom stereocenters. The Kier molecular flexibility index (Phi) is 8.79. The van der Waals surface area contributed by atoms with Crippen molar-refractivity contribution in [1.29, 1.82) is 0 Å². The maximum absolute atomic E-state index is 12.8. The zero-order valence-corrected chi connectivity index (χ0v) is 22.0. The molecule has 8 nitrogen and oxygen atoms in total. The third-order valence-corrected chi connectivity index (χ3v) is 7.64. The van der Waals surface area contributed by atoms with Crippen LogP contribution in [0.3, 0.4) is 0 Å². The number of carbonyl (C=O) groups is 3. The number of fused-ring (bicyclic) bond motifs is 1. The molecule has 36 heavy (non-hydrogen) atoms. The molecule has 2 heterocycles. The highest BCUT2D eigenvalue weighted by Gasteiger charge is 2.31. The average Bonchev–Trinajstić information content (AvgIpc) is 3.42. The predicted octanol–water partition coefficient (Wildman–Crippen LogP) is 4.05. The van der Waals surface area contributed by atoms with Crippen LogP contribution in [0.5, 0.6) is 0 Å². The van der Waals surface area contributed by atoms with Crippen LogP contribution in [0.15, 0.2) is 58.6 Å². The fraction of sp³-hybridized carbons (Fsp3) is 0.240. The highest BCUT2D eigenvalue weighted by atomic mass is 32.2. The van der Waals surface area contributed by atoms with Gasteiger partial charge < -0.3 is 4.98 Å². The lowest BCUT2D eigenvalue weighted by Gasteiger charge is -2.14. The minimum atomic E-state index is -0.345. The van der Waals surface area contributed by atoms with Crippen molar-refractivity contribution in [1.82, 2.24) is 25.7 Å². The van der Waals surface area contributed by atoms with E-state index in [1.165, 1.54) is 34.0 Å². The zero-order valence-electron chi connectivity index (χ0n) is 19.6. The average molecular weight is 540 g/mol. The van der Waals surface area contributed by atoms with Gasteiger partial charge in [-0.2, -0.15) is 0 Å². The van der Waals surface area contributed by atoms with Gasteiger partial charge in [0.25, 0.3) is 5.91 Å². The normalized spacial score (nSPS) is 14.6. The van der Waals surface area contributed by atoms with E-state index in [0.29, 0.717) is 27.3 Å². The summed E-state index contributed by atoms with van der Waals surface area (Å²) in [6.45, 7) is 2.43. The molecule has 0 radical (unpaired) electrons. The van der Waals surface area contributed by atoms with Crippen molar-refractivity contribution in [3.8, 4) is 0 Å². The van der Waals surface area contributed by atoms with Crippen LogP contribution in [0.25, 0.3) is 17.1 Å². The third kappa shape index (κ3) is 6.74. The van der Waals surface area contributed by atoms with Crippen molar-refractivity contribution < 1.29 is 14.4 Å². The lowest BCUT2D eigenvalue weighted by molar-refractivity contribution is -0.128. The number of aromatic nitrogens is 2. The number of amides is 3. The van der Waals surface area contributed by atoms with Crippen LogP contribution in [0.1, 0.15) is 30.9 Å². The summed E-state index contributed by atoms with van der Waals surface area (Å²) in [6.07, 6.45) is 3.36. The van der Waals surface area contributed by atoms with Gasteiger partial charge in [-0.15, -0.1) is 0 Å². The monoisotopic (exact) mass is 539 g/mol. The number of hydrogen-bond acceptors (Lipinski definition) is 7. The Morgan fingerprint density at radius 2 is 1.89 bits per heavy atom. The number of benzene rings is 2. The summed E-state index contributed by atoms with van der Waals surface area (Å²) >= 11 is 7.88. The molecule has 0 aliphatic carbocycles. The second-order valence-corrected chi connectivity index (χ2v) is 10.6. The maximum atomic E-state index is 12.8. The molecule has 3 N–H and O–H groups in total. The van der Waals surface area contributed by atoms with Crippen LogP contribution in [0.4, 0.5) is 0 Å². The molecule has 0 bridgehead atoms. The number of nitrogens with one attached hydrogen (secondary N) is 3. The SMILES string of the molecule is CCc1ccc(/C=C2/SC(=S)N(CCCC(=O)NNC(=O)CSc3nc4ccccc4[nH]3)C2=O)cc1. The van der Waals surface area contributed by atoms with Gasteiger partial charge in [0.2, 0.25) is 11.8 Å². The van der Waals surface area contributed by atoms with E-state index in [4.69, 9.17) is 12.2 Å². The van der Waals surface area contributed by atoms with Gasteiger partial charge in [0, 0.05) is 13.0 Å². The smallest absolute Gasteiger partial charge is 0.266 e. The Morgan fingerprint density at radius 3 is 2.64 bits per heavy atom. The first-order valence-corrected chi connectivity index (χ1v) is 13.6. The highest BCUT2D eigenvalue weighted by Crippen LogP contribution is 2.32. The number of carbonyl (C=O) groups excluding carboxylic acids is 3. The molecule has 3 aromatic rings. The molecule has 1 saturated heterocycles. The molecular formula is C25H25N5O3S3. The lowest BCUT2D eigenvalue weighted by Crippen LogP contribution is -2.42. The van der Waals surface area contributed by atoms with E-state index in [1.807, 2.05) is 54.6 Å². The Hall–Kier alpha value is -3.15. The van der Waals surface area contributed by atoms with E-state index in [1.54, 1.807) is 0 Å². The number of aromatic amines is 1. The van der Waals surface area contributed by atoms with Crippen LogP contribution < -0.4 is 10.9 Å². The molecule has 0 spiro atoms. The zero-order chi connectivity index (χ0) is 25.5. The second kappa shape index (κ2) is 12.2. The first kappa shape index (κ1) is 25.9. The fourth-order valence-corrected chi connectivity index (χ4v) is 5.45. The van der Waals surface area contributed by atoms with Gasteiger partial charge in [0.05, 0.1) is 21.7 Å². The second-order valence-electron chi connectivity index (χ2n) is 7.98. The van der Waals surface area contributed by atoms with Crippen molar-refractivity contribution in [3.05, 3.63) is 64.6 Å². The van der Waals surface area contributed by atoms with E-state index in [0.717, 1.165) is 23.0 Å². The van der Waals surface area contributed by atoms with Crippen LogP contribution in [-0.2, 0) is 20.8 Å². The van der Waals surface area contributed by atoms with Gasteiger partial charge in [0.15, 0.2) is 5.16 Å². The molecule has 0 unspecified atom stereocenters. The number of hydrogen-bond donors (Lipinski definition) is 3. The van der Waals surface area contributed by atoms with E-state index >= 15 is 0 Å². The third-order valence-electron chi connectivity index (χ3n) is 5.39. The molecule has 11 heteroatoms. The summed E-state index contributed by atoms with van der Waals surface area (Å²) in [6, 6.07) is 15.7. The minimum Gasteiger partial charge on any atom is -0.333 e. The molecule has 1 aliphatic rings. The molecule has 2 aromatic carbocycles. The van der Waals surface area contributed by atoms with Crippen molar-refractivity contribution in [2.75, 3.05) is 12.3 Å². The Labute approximate surface area is 222 Å². The Bertz CT molecular complexity index is 1290. The van der Waals surface area contributed by atoms with Gasteiger partial charge >= 0.3 is 0 Å². The van der Waals surface area contributed by atoms with Gasteiger partial charge in [-0.05, 0) is 42.2 Å². The fourth-order valence-electron chi connectivity index (χ4n) is 3.46. The minimum absolute atomic E-state index is 0.101. The number of hydrazine groups is 1. The number of aryl methyl sites for hydroxylation is 1. The molecular weight excluding hydrogens is 515 g/mol. The molecule has 4 rings (SSSR count). The van der Waals surface area contributed by atoms with Crippen LogP contribution in [0.2, 0.25) is 0 Å². The van der Waals surface area contributed by atoms with E-state index < -0.39 is 0 Å². The van der Waals surface area contributed by atoms with Crippen molar-refractivity contribution in [2.45, 2.75) is 31.3 Å². The number of nitrogens with zero attached hydrogens (tertiary/aromatic N) is 2. The number of rotatable bonds is 9. The van der Waals surface area contributed by atoms with E-state index in [2.05, 4.69) is 27.7 Å². The molecule has 3 amide bonds. The lowest BCUT2D eigenvalue weighted by atomic mass is 10.1. The standard InChI is InChI=1S/C25H25N5O3S3/c1-2-16-9-11-17(12-10-16)14-20-23(33)30(25(34)36-20)13-5-8-21(31)28-29-22(32)15-35-24-26-18-6-3-4-7-19(18)27-24/h3-4,6-7,9-12,14H,2,5,8,13,15H2,1H3,(H,26,27)(H,28,31)(H,29,32)/b20-14+. The van der Waals surface area contributed by atoms with E-state index in [9.17, 15) is 14.4 Å². The Morgan fingerprint density at radius 1 is 1.14 bits per heavy atom. The Balaban J connectivity index is 1.17. The maximum Gasteiger partial charge on any atom is 0.266 e. The summed E-state index contributed by atoms with van der Waals surface area (Å²) in [4.78, 5) is 46.6. The summed E-state index contributed by atoms with van der Waals surface area (Å²) < 4.78 is 0.479. The quantitative estimate of drug-likeness (QED) is 0.163. The molecule has 1 fully saturated rings. The van der Waals surface area contributed by atoms with Crippen molar-refractivity contribution in [3.63, 3.8) is 0 Å². The van der Waals surface area contributed by atoms with Gasteiger partial charge in [0.1, 0.15) is 4.32 Å². The topological polar surface area (TPSA) is 107 Å². The van der Waals surface area contributed by atoms with Crippen molar-refractivity contribution >= 4 is 74.9 Å². The molecule has 1 aliphatic heterocycles. The van der Waals surface area contributed by atoms with Gasteiger partial charge in [-0.3, -0.25) is 30.1 Å².